The summed E-state index contributed by atoms with van der Waals surface area (Å²) in [7, 11) is -3.39. The molecule has 0 aliphatic carbocycles. The van der Waals surface area contributed by atoms with Crippen LogP contribution >= 0.6 is 11.6 Å². The molecule has 15 heavy (non-hydrogen) atoms. The Labute approximate surface area is 94.3 Å². The quantitative estimate of drug-likeness (QED) is 0.784. The van der Waals surface area contributed by atoms with Crippen molar-refractivity contribution in [3.63, 3.8) is 0 Å². The SMILES string of the molecule is Nc1cccc(CCCS(N)(=O)=O)c1Cl. The average Bonchev–Trinajstić information content (AvgIpc) is 2.10. The van der Waals surface area contributed by atoms with Crippen LogP contribution in [0.25, 0.3) is 0 Å². The van der Waals surface area contributed by atoms with Crippen molar-refractivity contribution in [2.75, 3.05) is 11.5 Å². The summed E-state index contributed by atoms with van der Waals surface area (Å²) in [5.41, 5.74) is 6.96. The molecule has 0 aromatic heterocycles. The zero-order valence-corrected chi connectivity index (χ0v) is 9.68. The lowest BCUT2D eigenvalue weighted by molar-refractivity contribution is 0.595. The normalized spacial score (nSPS) is 11.6. The molecule has 0 unspecified atom stereocenters. The van der Waals surface area contributed by atoms with Gasteiger partial charge in [-0.15, -0.1) is 0 Å². The summed E-state index contributed by atoms with van der Waals surface area (Å²) >= 11 is 5.94. The van der Waals surface area contributed by atoms with Gasteiger partial charge in [-0.3, -0.25) is 0 Å². The highest BCUT2D eigenvalue weighted by Gasteiger charge is 2.06. The minimum absolute atomic E-state index is 0.0435. The van der Waals surface area contributed by atoms with Crippen LogP contribution < -0.4 is 10.9 Å². The van der Waals surface area contributed by atoms with E-state index in [1.165, 1.54) is 0 Å². The summed E-state index contributed by atoms with van der Waals surface area (Å²) < 4.78 is 21.4. The van der Waals surface area contributed by atoms with Crippen LogP contribution in [-0.4, -0.2) is 14.2 Å². The van der Waals surface area contributed by atoms with Gasteiger partial charge in [0.05, 0.1) is 16.5 Å². The van der Waals surface area contributed by atoms with Gasteiger partial charge in [0.25, 0.3) is 0 Å². The minimum atomic E-state index is -3.39. The third-order valence-corrected chi connectivity index (χ3v) is 3.30. The Balaban J connectivity index is 2.62. The van der Waals surface area contributed by atoms with Crippen LogP contribution in [0.4, 0.5) is 5.69 Å². The number of hydrogen-bond donors (Lipinski definition) is 2. The first-order chi connectivity index (χ1) is 6.90. The second-order valence-corrected chi connectivity index (χ2v) is 5.40. The second-order valence-electron chi connectivity index (χ2n) is 3.29. The Morgan fingerprint density at radius 1 is 1.33 bits per heavy atom. The molecule has 0 saturated heterocycles. The lowest BCUT2D eigenvalue weighted by Crippen LogP contribution is -2.16. The van der Waals surface area contributed by atoms with E-state index in [9.17, 15) is 8.42 Å². The van der Waals surface area contributed by atoms with Crippen molar-refractivity contribution in [2.24, 2.45) is 5.14 Å². The van der Waals surface area contributed by atoms with Gasteiger partial charge >= 0.3 is 0 Å². The van der Waals surface area contributed by atoms with Gasteiger partial charge in [0.15, 0.2) is 0 Å². The summed E-state index contributed by atoms with van der Waals surface area (Å²) in [4.78, 5) is 0. The van der Waals surface area contributed by atoms with Crippen LogP contribution in [0.3, 0.4) is 0 Å². The molecule has 4 N–H and O–H groups in total. The Hall–Kier alpha value is -0.780. The van der Waals surface area contributed by atoms with Gasteiger partial charge in [-0.05, 0) is 24.5 Å². The van der Waals surface area contributed by atoms with Crippen molar-refractivity contribution >= 4 is 27.3 Å². The molecule has 0 atom stereocenters. The highest BCUT2D eigenvalue weighted by molar-refractivity contribution is 7.89. The van der Waals surface area contributed by atoms with Gasteiger partial charge in [-0.1, -0.05) is 23.7 Å². The highest BCUT2D eigenvalue weighted by atomic mass is 35.5. The number of anilines is 1. The van der Waals surface area contributed by atoms with Crippen molar-refractivity contribution < 1.29 is 8.42 Å². The lowest BCUT2D eigenvalue weighted by Gasteiger charge is -2.05. The van der Waals surface area contributed by atoms with Gasteiger partial charge in [0, 0.05) is 0 Å². The topological polar surface area (TPSA) is 86.2 Å². The van der Waals surface area contributed by atoms with E-state index >= 15 is 0 Å². The first-order valence-corrected chi connectivity index (χ1v) is 6.53. The van der Waals surface area contributed by atoms with E-state index < -0.39 is 10.0 Å². The number of sulfonamides is 1. The predicted molar refractivity (Wildman–Crippen MR) is 62.2 cm³/mol. The van der Waals surface area contributed by atoms with Gasteiger partial charge in [0.2, 0.25) is 10.0 Å². The maximum Gasteiger partial charge on any atom is 0.209 e. The van der Waals surface area contributed by atoms with Crippen LogP contribution in [0.15, 0.2) is 18.2 Å². The molecule has 84 valence electrons. The summed E-state index contributed by atoms with van der Waals surface area (Å²) in [5, 5.41) is 5.37. The largest absolute Gasteiger partial charge is 0.398 e. The van der Waals surface area contributed by atoms with Crippen LogP contribution in [0.2, 0.25) is 5.02 Å². The van der Waals surface area contributed by atoms with E-state index in [0.29, 0.717) is 23.6 Å². The molecule has 1 aromatic carbocycles. The molecule has 1 aromatic rings. The Morgan fingerprint density at radius 2 is 2.00 bits per heavy atom. The zero-order valence-electron chi connectivity index (χ0n) is 8.11. The molecule has 0 aliphatic rings. The number of halogens is 1. The number of hydrogen-bond acceptors (Lipinski definition) is 3. The Bertz CT molecular complexity index is 445. The average molecular weight is 249 g/mol. The van der Waals surface area contributed by atoms with E-state index in [2.05, 4.69) is 0 Å². The summed E-state index contributed by atoms with van der Waals surface area (Å²) in [6.45, 7) is 0. The maximum absolute atomic E-state index is 10.7. The first kappa shape index (κ1) is 12.3. The minimum Gasteiger partial charge on any atom is -0.398 e. The fourth-order valence-corrected chi connectivity index (χ4v) is 2.02. The second kappa shape index (κ2) is 4.83. The Morgan fingerprint density at radius 3 is 2.60 bits per heavy atom. The first-order valence-electron chi connectivity index (χ1n) is 4.43. The molecule has 0 spiro atoms. The van der Waals surface area contributed by atoms with Crippen LogP contribution in [-0.2, 0) is 16.4 Å². The number of primary sulfonamides is 1. The van der Waals surface area contributed by atoms with E-state index in [-0.39, 0.29) is 5.75 Å². The molecule has 0 heterocycles. The fraction of sp³-hybridized carbons (Fsp3) is 0.333. The zero-order chi connectivity index (χ0) is 11.5. The van der Waals surface area contributed by atoms with E-state index in [0.717, 1.165) is 5.56 Å². The van der Waals surface area contributed by atoms with E-state index in [1.54, 1.807) is 12.1 Å². The fourth-order valence-electron chi connectivity index (χ4n) is 1.26. The molecule has 0 aliphatic heterocycles. The summed E-state index contributed by atoms with van der Waals surface area (Å²) in [6, 6.07) is 5.31. The summed E-state index contributed by atoms with van der Waals surface area (Å²) in [6.07, 6.45) is 1.00. The van der Waals surface area contributed by atoms with Crippen molar-refractivity contribution in [2.45, 2.75) is 12.8 Å². The van der Waals surface area contributed by atoms with Gasteiger partial charge < -0.3 is 5.73 Å². The smallest absolute Gasteiger partial charge is 0.209 e. The van der Waals surface area contributed by atoms with Gasteiger partial charge in [-0.2, -0.15) is 0 Å². The third-order valence-electron chi connectivity index (χ3n) is 1.98. The lowest BCUT2D eigenvalue weighted by atomic mass is 10.1. The van der Waals surface area contributed by atoms with Crippen LogP contribution in [0.1, 0.15) is 12.0 Å². The van der Waals surface area contributed by atoms with Crippen LogP contribution in [0, 0.1) is 0 Å². The number of benzene rings is 1. The monoisotopic (exact) mass is 248 g/mol. The van der Waals surface area contributed by atoms with Crippen molar-refractivity contribution in [3.8, 4) is 0 Å². The maximum atomic E-state index is 10.7. The van der Waals surface area contributed by atoms with Crippen molar-refractivity contribution in [3.05, 3.63) is 28.8 Å². The van der Waals surface area contributed by atoms with Gasteiger partial charge in [-0.25, -0.2) is 13.6 Å². The van der Waals surface area contributed by atoms with Crippen LogP contribution in [0.5, 0.6) is 0 Å². The number of aryl methyl sites for hydroxylation is 1. The molecular formula is C9H13ClN2O2S. The van der Waals surface area contributed by atoms with E-state index in [4.69, 9.17) is 22.5 Å². The highest BCUT2D eigenvalue weighted by Crippen LogP contribution is 2.23. The van der Waals surface area contributed by atoms with Gasteiger partial charge in [0.1, 0.15) is 0 Å². The molecule has 0 radical (unpaired) electrons. The molecule has 0 bridgehead atoms. The third kappa shape index (κ3) is 4.07. The molecule has 0 fully saturated rings. The molecule has 1 rings (SSSR count). The molecule has 4 nitrogen and oxygen atoms in total. The van der Waals surface area contributed by atoms with Crippen molar-refractivity contribution in [1.82, 2.24) is 0 Å². The number of nitrogen functional groups attached to an aromatic ring is 1. The van der Waals surface area contributed by atoms with Crippen molar-refractivity contribution in [1.29, 1.82) is 0 Å². The standard InChI is InChI=1S/C9H13ClN2O2S/c10-9-7(3-1-5-8(9)11)4-2-6-15(12,13)14/h1,3,5H,2,4,6,11H2,(H2,12,13,14). The molecule has 0 amide bonds. The molecular weight excluding hydrogens is 236 g/mol. The molecule has 6 heteroatoms. The number of nitrogens with two attached hydrogens (primary N) is 2. The summed E-state index contributed by atoms with van der Waals surface area (Å²) in [5.74, 6) is -0.0435. The molecule has 0 saturated carbocycles. The predicted octanol–water partition coefficient (Wildman–Crippen LogP) is 1.14. The number of rotatable bonds is 4. The van der Waals surface area contributed by atoms with E-state index in [1.807, 2.05) is 6.07 Å². The Kier molecular flexibility index (Phi) is 3.96.